The summed E-state index contributed by atoms with van der Waals surface area (Å²) in [6.45, 7) is -0.329. The molecule has 0 spiro atoms. The summed E-state index contributed by atoms with van der Waals surface area (Å²) >= 11 is 6.25. The van der Waals surface area contributed by atoms with E-state index < -0.39 is 17.3 Å². The van der Waals surface area contributed by atoms with Gasteiger partial charge in [-0.05, 0) is 30.3 Å². The minimum Gasteiger partial charge on any atom is -0.464 e. The average Bonchev–Trinajstić information content (AvgIpc) is 3.41. The molecule has 1 aromatic carbocycles. The highest BCUT2D eigenvalue weighted by molar-refractivity contribution is 6.35. The molecule has 5 rings (SSSR count). The second kappa shape index (κ2) is 8.50. The smallest absolute Gasteiger partial charge is 0.416 e. The first-order valence-electron chi connectivity index (χ1n) is 10.6. The van der Waals surface area contributed by atoms with Gasteiger partial charge in [0, 0.05) is 42.5 Å². The molecule has 13 heteroatoms. The lowest BCUT2D eigenvalue weighted by Crippen LogP contribution is -2.40. The maximum absolute atomic E-state index is 13.5. The monoisotopic (exact) mass is 507 g/mol. The summed E-state index contributed by atoms with van der Waals surface area (Å²) in [4.78, 5) is 47.1. The zero-order valence-electron chi connectivity index (χ0n) is 19.0. The third-order valence-electron chi connectivity index (χ3n) is 6.01. The van der Waals surface area contributed by atoms with Crippen molar-refractivity contribution < 1.29 is 15.1 Å². The normalized spacial score (nSPS) is 12.0. The number of rotatable bonds is 4. The second-order valence-electron chi connectivity index (χ2n) is 8.01. The van der Waals surface area contributed by atoms with Crippen molar-refractivity contribution in [1.29, 1.82) is 0 Å². The number of hydrogen-bond donors (Lipinski definition) is 2. The first-order valence-corrected chi connectivity index (χ1v) is 10.9. The van der Waals surface area contributed by atoms with E-state index in [2.05, 4.69) is 15.1 Å². The highest BCUT2D eigenvalue weighted by Crippen LogP contribution is 2.27. The number of benzene rings is 1. The Balaban J connectivity index is 1.73. The van der Waals surface area contributed by atoms with E-state index in [1.165, 1.54) is 34.6 Å². The van der Waals surface area contributed by atoms with Gasteiger partial charge >= 0.3 is 11.8 Å². The van der Waals surface area contributed by atoms with Gasteiger partial charge in [0.15, 0.2) is 22.7 Å². The molecule has 0 saturated carbocycles. The van der Waals surface area contributed by atoms with Crippen LogP contribution in [0.25, 0.3) is 22.1 Å². The second-order valence-corrected chi connectivity index (χ2v) is 8.42. The number of carboxylic acid groups (broad SMARTS) is 1. The van der Waals surface area contributed by atoms with E-state index in [1.54, 1.807) is 37.4 Å². The van der Waals surface area contributed by atoms with Crippen LogP contribution in [0.4, 0.5) is 4.79 Å². The molecule has 0 unspecified atom stereocenters. The van der Waals surface area contributed by atoms with Crippen LogP contribution >= 0.6 is 11.6 Å². The zero-order valence-corrected chi connectivity index (χ0v) is 19.7. The van der Waals surface area contributed by atoms with Gasteiger partial charge in [-0.15, -0.1) is 0 Å². The standard InChI is InChI=1S/C23H18ClN7O5/c1-28-18-20(26-19(28)17(27-36)12-6-8-25-9-7-12)29(2)22(33)30(21(18)32)11-13-10-14-15(24)4-3-5-16(14)31(13)23(34)35/h3-10,36H,11H2,1-2H3,(H,34,35). The molecule has 0 aliphatic rings. The molecule has 2 N–H and O–H groups in total. The van der Waals surface area contributed by atoms with Crippen molar-refractivity contribution in [1.82, 2.24) is 28.2 Å². The molecule has 36 heavy (non-hydrogen) atoms. The summed E-state index contributed by atoms with van der Waals surface area (Å²) in [6, 6.07) is 9.59. The van der Waals surface area contributed by atoms with Gasteiger partial charge < -0.3 is 14.9 Å². The van der Waals surface area contributed by atoms with Gasteiger partial charge in [0.1, 0.15) is 0 Å². The molecule has 4 heterocycles. The van der Waals surface area contributed by atoms with Crippen molar-refractivity contribution >= 4 is 45.5 Å². The molecule has 0 saturated heterocycles. The number of nitrogens with zero attached hydrogens (tertiary/aromatic N) is 7. The van der Waals surface area contributed by atoms with Crippen molar-refractivity contribution in [2.75, 3.05) is 0 Å². The lowest BCUT2D eigenvalue weighted by molar-refractivity contribution is 0.196. The van der Waals surface area contributed by atoms with Crippen LogP contribution in [-0.4, -0.2) is 50.4 Å². The maximum atomic E-state index is 13.5. The quantitative estimate of drug-likeness (QED) is 0.215. The Morgan fingerprint density at radius 2 is 1.83 bits per heavy atom. The number of pyridine rings is 1. The predicted octanol–water partition coefficient (Wildman–Crippen LogP) is 2.24. The van der Waals surface area contributed by atoms with Crippen LogP contribution in [0, 0.1) is 0 Å². The molecule has 0 radical (unpaired) electrons. The van der Waals surface area contributed by atoms with E-state index in [4.69, 9.17) is 11.6 Å². The molecule has 182 valence electrons. The zero-order chi connectivity index (χ0) is 25.7. The fourth-order valence-corrected chi connectivity index (χ4v) is 4.51. The van der Waals surface area contributed by atoms with Crippen molar-refractivity contribution in [3.05, 3.63) is 91.7 Å². The summed E-state index contributed by atoms with van der Waals surface area (Å²) in [7, 11) is 3.00. The van der Waals surface area contributed by atoms with E-state index in [1.807, 2.05) is 0 Å². The summed E-state index contributed by atoms with van der Waals surface area (Å²) in [6.07, 6.45) is 1.75. The highest BCUT2D eigenvalue weighted by atomic mass is 35.5. The van der Waals surface area contributed by atoms with E-state index in [0.29, 0.717) is 21.5 Å². The van der Waals surface area contributed by atoms with Gasteiger partial charge in [0.05, 0.1) is 17.8 Å². The van der Waals surface area contributed by atoms with Crippen LogP contribution in [0.3, 0.4) is 0 Å². The Morgan fingerprint density at radius 1 is 1.11 bits per heavy atom. The number of hydrogen-bond acceptors (Lipinski definition) is 7. The number of oxime groups is 1. The molecule has 0 bridgehead atoms. The maximum Gasteiger partial charge on any atom is 0.416 e. The summed E-state index contributed by atoms with van der Waals surface area (Å²) in [5.41, 5.74) is -0.143. The van der Waals surface area contributed by atoms with Crippen LogP contribution in [-0.2, 0) is 20.6 Å². The molecule has 4 aromatic heterocycles. The Kier molecular flexibility index (Phi) is 5.44. The Labute approximate surface area is 206 Å². The lowest BCUT2D eigenvalue weighted by Gasteiger charge is -2.10. The number of carbonyl (C=O) groups is 1. The molecular formula is C23H18ClN7O5. The van der Waals surface area contributed by atoms with E-state index in [0.717, 1.165) is 9.13 Å². The molecular weight excluding hydrogens is 490 g/mol. The van der Waals surface area contributed by atoms with Crippen molar-refractivity contribution in [3.63, 3.8) is 0 Å². The fraction of sp³-hybridized carbons (Fsp3) is 0.130. The predicted molar refractivity (Wildman–Crippen MR) is 131 cm³/mol. The number of aromatic nitrogens is 6. The van der Waals surface area contributed by atoms with Gasteiger partial charge in [-0.1, -0.05) is 22.8 Å². The number of aryl methyl sites for hydroxylation is 2. The van der Waals surface area contributed by atoms with Gasteiger partial charge in [-0.25, -0.2) is 19.1 Å². The first-order chi connectivity index (χ1) is 17.2. The summed E-state index contributed by atoms with van der Waals surface area (Å²) in [5.74, 6) is 0.148. The van der Waals surface area contributed by atoms with Crippen LogP contribution < -0.4 is 11.2 Å². The average molecular weight is 508 g/mol. The highest BCUT2D eigenvalue weighted by Gasteiger charge is 2.24. The molecule has 0 aliphatic heterocycles. The summed E-state index contributed by atoms with van der Waals surface area (Å²) in [5, 5.41) is 23.7. The number of halogens is 1. The largest absolute Gasteiger partial charge is 0.464 e. The van der Waals surface area contributed by atoms with Crippen molar-refractivity contribution in [2.45, 2.75) is 6.54 Å². The van der Waals surface area contributed by atoms with Crippen LogP contribution in [0.2, 0.25) is 5.02 Å². The van der Waals surface area contributed by atoms with E-state index >= 15 is 0 Å². The molecule has 12 nitrogen and oxygen atoms in total. The molecule has 5 aromatic rings. The van der Waals surface area contributed by atoms with Crippen molar-refractivity contribution in [3.8, 4) is 0 Å². The molecule has 0 aliphatic carbocycles. The van der Waals surface area contributed by atoms with Gasteiger partial charge in [-0.3, -0.25) is 18.9 Å². The van der Waals surface area contributed by atoms with E-state index in [9.17, 15) is 24.7 Å². The topological polar surface area (TPSA) is 150 Å². The molecule has 0 atom stereocenters. The van der Waals surface area contributed by atoms with Crippen LogP contribution in [0.15, 0.2) is 63.5 Å². The first kappa shape index (κ1) is 23.1. The third-order valence-corrected chi connectivity index (χ3v) is 6.34. The van der Waals surface area contributed by atoms with Crippen LogP contribution in [0.5, 0.6) is 0 Å². The lowest BCUT2D eigenvalue weighted by atomic mass is 10.1. The Morgan fingerprint density at radius 3 is 2.50 bits per heavy atom. The third kappa shape index (κ3) is 3.38. The van der Waals surface area contributed by atoms with Crippen molar-refractivity contribution in [2.24, 2.45) is 19.3 Å². The Hall–Kier alpha value is -4.71. The number of imidazole rings is 1. The number of fused-ring (bicyclic) bond motifs is 2. The van der Waals surface area contributed by atoms with Gasteiger partial charge in [0.2, 0.25) is 0 Å². The SMILES string of the molecule is Cn1c(C(=NO)c2ccncc2)nc2c1c(=O)n(Cc1cc3c(Cl)cccc3n1C(=O)O)c(=O)n2C. The molecule has 0 fully saturated rings. The molecule has 0 amide bonds. The fourth-order valence-electron chi connectivity index (χ4n) is 4.29. The van der Waals surface area contributed by atoms with E-state index in [-0.39, 0.29) is 34.9 Å². The Bertz CT molecular complexity index is 1830. The van der Waals surface area contributed by atoms with Crippen LogP contribution in [0.1, 0.15) is 17.1 Å². The minimum atomic E-state index is -1.28. The summed E-state index contributed by atoms with van der Waals surface area (Å²) < 4.78 is 4.53. The van der Waals surface area contributed by atoms with Gasteiger partial charge in [-0.2, -0.15) is 0 Å². The van der Waals surface area contributed by atoms with Gasteiger partial charge in [0.25, 0.3) is 5.56 Å². The minimum absolute atomic E-state index is 0.0679.